The largest absolute Gasteiger partial charge is 0.416 e. The maximum Gasteiger partial charge on any atom is 0.416 e. The topological polar surface area (TPSA) is 47.8 Å². The molecule has 2 fully saturated rings. The highest BCUT2D eigenvalue weighted by molar-refractivity contribution is 5.83. The van der Waals surface area contributed by atoms with E-state index in [4.69, 9.17) is 0 Å². The molecule has 2 aliphatic rings. The number of rotatable bonds is 3. The van der Waals surface area contributed by atoms with E-state index in [9.17, 15) is 18.0 Å². The molecule has 0 amide bonds. The molecule has 2 unspecified atom stereocenters. The molecule has 7 heteroatoms. The van der Waals surface area contributed by atoms with Crippen molar-refractivity contribution in [3.05, 3.63) is 35.7 Å². The summed E-state index contributed by atoms with van der Waals surface area (Å²) in [5, 5.41) is 4.46. The zero-order valence-electron chi connectivity index (χ0n) is 13.9. The Morgan fingerprint density at radius 1 is 1.20 bits per heavy atom. The summed E-state index contributed by atoms with van der Waals surface area (Å²) in [7, 11) is 0. The lowest BCUT2D eigenvalue weighted by Gasteiger charge is -2.10. The Kier molecular flexibility index (Phi) is 3.53. The van der Waals surface area contributed by atoms with Gasteiger partial charge in [-0.2, -0.15) is 18.3 Å². The van der Waals surface area contributed by atoms with Crippen LogP contribution < -0.4 is 0 Å². The summed E-state index contributed by atoms with van der Waals surface area (Å²) in [5.74, 6) is 2.25. The molecule has 2 aliphatic carbocycles. The molecule has 1 aromatic carbocycles. The van der Waals surface area contributed by atoms with Crippen LogP contribution in [-0.4, -0.2) is 20.5 Å². The van der Waals surface area contributed by atoms with Crippen molar-refractivity contribution in [2.75, 3.05) is 0 Å². The Bertz CT molecular complexity index is 826. The normalized spacial score (nSPS) is 25.5. The number of carbonyl (C=O) groups excluding carboxylic acids is 1. The van der Waals surface area contributed by atoms with Crippen molar-refractivity contribution in [1.29, 1.82) is 0 Å². The smallest absolute Gasteiger partial charge is 0.300 e. The first kappa shape index (κ1) is 16.3. The van der Waals surface area contributed by atoms with Gasteiger partial charge in [-0.05, 0) is 37.8 Å². The summed E-state index contributed by atoms with van der Waals surface area (Å²) < 4.78 is 40.6. The van der Waals surface area contributed by atoms with E-state index < -0.39 is 11.7 Å². The SMILES string of the molecule is CC(C)n1nc(-c2cccc(C(F)(F)F)c2)nc1C1C2CC(=O)C[C@@H]21. The first-order valence-corrected chi connectivity index (χ1v) is 8.41. The van der Waals surface area contributed by atoms with Crippen molar-refractivity contribution in [1.82, 2.24) is 14.8 Å². The second-order valence-electron chi connectivity index (χ2n) is 7.21. The summed E-state index contributed by atoms with van der Waals surface area (Å²) in [6.07, 6.45) is -3.23. The van der Waals surface area contributed by atoms with Crippen LogP contribution in [0.3, 0.4) is 0 Å². The minimum absolute atomic E-state index is 0.0547. The van der Waals surface area contributed by atoms with Crippen LogP contribution in [0, 0.1) is 11.8 Å². The third-order valence-electron chi connectivity index (χ3n) is 5.15. The zero-order chi connectivity index (χ0) is 17.9. The van der Waals surface area contributed by atoms with E-state index in [1.54, 1.807) is 10.7 Å². The number of hydrogen-bond donors (Lipinski definition) is 0. The Hall–Kier alpha value is -2.18. The van der Waals surface area contributed by atoms with Crippen LogP contribution in [0.25, 0.3) is 11.4 Å². The molecule has 132 valence electrons. The predicted molar refractivity (Wildman–Crippen MR) is 84.8 cm³/mol. The van der Waals surface area contributed by atoms with Crippen molar-refractivity contribution < 1.29 is 18.0 Å². The summed E-state index contributed by atoms with van der Waals surface area (Å²) in [4.78, 5) is 16.1. The molecule has 2 saturated carbocycles. The lowest BCUT2D eigenvalue weighted by molar-refractivity contribution is -0.137. The molecule has 1 heterocycles. The van der Waals surface area contributed by atoms with Crippen LogP contribution in [0.1, 0.15) is 50.0 Å². The number of benzene rings is 1. The van der Waals surface area contributed by atoms with E-state index in [-0.39, 0.29) is 12.0 Å². The number of nitrogens with zero attached hydrogens (tertiary/aromatic N) is 3. The van der Waals surface area contributed by atoms with Crippen LogP contribution in [0.5, 0.6) is 0 Å². The fraction of sp³-hybridized carbons (Fsp3) is 0.500. The standard InChI is InChI=1S/C18H18F3N3O/c1-9(2)24-17(15-13-7-12(25)8-14(13)15)22-16(23-24)10-4-3-5-11(6-10)18(19,20)21/h3-6,9,13-15H,7-8H2,1-2H3/t13-,14?,15?/m0/s1. The molecule has 2 aromatic rings. The van der Waals surface area contributed by atoms with E-state index >= 15 is 0 Å². The monoisotopic (exact) mass is 349 g/mol. The van der Waals surface area contributed by atoms with Crippen LogP contribution >= 0.6 is 0 Å². The molecular weight excluding hydrogens is 331 g/mol. The third kappa shape index (κ3) is 2.75. The summed E-state index contributed by atoms with van der Waals surface area (Å²) in [6, 6.07) is 5.15. The maximum absolute atomic E-state index is 12.9. The Morgan fingerprint density at radius 3 is 2.48 bits per heavy atom. The molecule has 25 heavy (non-hydrogen) atoms. The molecule has 4 nitrogen and oxygen atoms in total. The molecule has 0 saturated heterocycles. The molecule has 4 rings (SSSR count). The highest BCUT2D eigenvalue weighted by atomic mass is 19.4. The molecule has 0 aliphatic heterocycles. The fourth-order valence-corrected chi connectivity index (χ4v) is 3.89. The summed E-state index contributed by atoms with van der Waals surface area (Å²) >= 11 is 0. The highest BCUT2D eigenvalue weighted by Crippen LogP contribution is 2.61. The third-order valence-corrected chi connectivity index (χ3v) is 5.15. The predicted octanol–water partition coefficient (Wildman–Crippen LogP) is 4.24. The second-order valence-corrected chi connectivity index (χ2v) is 7.21. The number of fused-ring (bicyclic) bond motifs is 1. The molecule has 0 N–H and O–H groups in total. The van der Waals surface area contributed by atoms with Crippen LogP contribution in [0.2, 0.25) is 0 Å². The van der Waals surface area contributed by atoms with Gasteiger partial charge >= 0.3 is 6.18 Å². The lowest BCUT2D eigenvalue weighted by Crippen LogP contribution is -2.10. The Labute approximate surface area is 143 Å². The average molecular weight is 349 g/mol. The number of aromatic nitrogens is 3. The van der Waals surface area contributed by atoms with Gasteiger partial charge in [0.15, 0.2) is 5.82 Å². The van der Waals surface area contributed by atoms with Gasteiger partial charge in [0.05, 0.1) is 5.56 Å². The molecule has 3 atom stereocenters. The van der Waals surface area contributed by atoms with Gasteiger partial charge < -0.3 is 0 Å². The van der Waals surface area contributed by atoms with Crippen LogP contribution in [0.15, 0.2) is 24.3 Å². The molecule has 0 bridgehead atoms. The number of ketones is 1. The van der Waals surface area contributed by atoms with Crippen molar-refractivity contribution in [3.8, 4) is 11.4 Å². The number of Topliss-reactive ketones (excluding diaryl/α,β-unsaturated/α-hetero) is 1. The van der Waals surface area contributed by atoms with Gasteiger partial charge in [0, 0.05) is 30.4 Å². The van der Waals surface area contributed by atoms with Crippen LogP contribution in [0.4, 0.5) is 13.2 Å². The van der Waals surface area contributed by atoms with Crippen molar-refractivity contribution in [2.45, 2.75) is 44.8 Å². The van der Waals surface area contributed by atoms with Crippen molar-refractivity contribution in [2.24, 2.45) is 11.8 Å². The van der Waals surface area contributed by atoms with Gasteiger partial charge in [0.25, 0.3) is 0 Å². The number of halogens is 3. The fourth-order valence-electron chi connectivity index (χ4n) is 3.89. The minimum Gasteiger partial charge on any atom is -0.300 e. The van der Waals surface area contributed by atoms with Gasteiger partial charge in [-0.1, -0.05) is 12.1 Å². The van der Waals surface area contributed by atoms with Crippen molar-refractivity contribution in [3.63, 3.8) is 0 Å². The zero-order valence-corrected chi connectivity index (χ0v) is 13.9. The quantitative estimate of drug-likeness (QED) is 0.833. The van der Waals surface area contributed by atoms with Gasteiger partial charge in [-0.15, -0.1) is 0 Å². The summed E-state index contributed by atoms with van der Waals surface area (Å²) in [5.41, 5.74) is -0.348. The van der Waals surface area contributed by atoms with E-state index in [0.717, 1.165) is 18.0 Å². The number of carbonyl (C=O) groups is 1. The molecule has 0 radical (unpaired) electrons. The number of alkyl halides is 3. The number of hydrogen-bond acceptors (Lipinski definition) is 3. The average Bonchev–Trinajstić information content (AvgIpc) is 2.90. The van der Waals surface area contributed by atoms with Gasteiger partial charge in [-0.3, -0.25) is 4.79 Å². The molecule has 0 spiro atoms. The van der Waals surface area contributed by atoms with Crippen molar-refractivity contribution >= 4 is 5.78 Å². The second kappa shape index (κ2) is 5.41. The van der Waals surface area contributed by atoms with Gasteiger partial charge in [0.2, 0.25) is 0 Å². The Morgan fingerprint density at radius 2 is 1.88 bits per heavy atom. The van der Waals surface area contributed by atoms with E-state index in [1.165, 1.54) is 6.07 Å². The first-order valence-electron chi connectivity index (χ1n) is 8.41. The van der Waals surface area contributed by atoms with E-state index in [0.29, 0.717) is 41.8 Å². The minimum atomic E-state index is -4.40. The van der Waals surface area contributed by atoms with Crippen LogP contribution in [-0.2, 0) is 11.0 Å². The Balaban J connectivity index is 1.70. The van der Waals surface area contributed by atoms with Gasteiger partial charge in [0.1, 0.15) is 11.6 Å². The van der Waals surface area contributed by atoms with Gasteiger partial charge in [-0.25, -0.2) is 9.67 Å². The molecule has 1 aromatic heterocycles. The van der Waals surface area contributed by atoms with E-state index in [2.05, 4.69) is 10.1 Å². The van der Waals surface area contributed by atoms with E-state index in [1.807, 2.05) is 13.8 Å². The first-order chi connectivity index (χ1) is 11.8. The summed E-state index contributed by atoms with van der Waals surface area (Å²) in [6.45, 7) is 3.94. The maximum atomic E-state index is 12.9. The lowest BCUT2D eigenvalue weighted by atomic mass is 10.1. The highest BCUT2D eigenvalue weighted by Gasteiger charge is 2.58. The molecular formula is C18H18F3N3O.